The molecule has 4 aromatic rings. The van der Waals surface area contributed by atoms with E-state index in [1.54, 1.807) is 41.0 Å². The minimum absolute atomic E-state index is 0.0671. The number of carbonyl (C=O) groups excluding carboxylic acids is 2. The molecule has 4 rings (SSSR count). The van der Waals surface area contributed by atoms with Crippen molar-refractivity contribution in [3.63, 3.8) is 0 Å². The van der Waals surface area contributed by atoms with Gasteiger partial charge in [0.05, 0.1) is 21.7 Å². The number of para-hydroxylation sites is 2. The molecule has 0 aliphatic heterocycles. The first-order valence-electron chi connectivity index (χ1n) is 9.24. The molecule has 0 aliphatic rings. The lowest BCUT2D eigenvalue weighted by molar-refractivity contribution is -0.116. The van der Waals surface area contributed by atoms with Crippen molar-refractivity contribution in [1.82, 2.24) is 9.55 Å². The second kappa shape index (κ2) is 8.42. The van der Waals surface area contributed by atoms with E-state index in [9.17, 15) is 9.59 Å². The highest BCUT2D eigenvalue weighted by molar-refractivity contribution is 9.10. The van der Waals surface area contributed by atoms with E-state index in [2.05, 4.69) is 26.2 Å². The number of carbonyl (C=O) groups is 2. The van der Waals surface area contributed by atoms with E-state index in [0.717, 1.165) is 10.0 Å². The fourth-order valence-electron chi connectivity index (χ4n) is 3.19. The highest BCUT2D eigenvalue weighted by Crippen LogP contribution is 2.24. The molecule has 0 bridgehead atoms. The maximum atomic E-state index is 13.1. The van der Waals surface area contributed by atoms with Crippen molar-refractivity contribution in [3.05, 3.63) is 93.2 Å². The SMILES string of the molecule is Cc1ccc(NC(=O)Cn2c(C(=O)c3ccc(Br)cc3)nc3ccccc32)c(Cl)c1. The molecule has 0 atom stereocenters. The number of nitrogens with one attached hydrogen (secondary N) is 1. The third-order valence-electron chi connectivity index (χ3n) is 4.66. The lowest BCUT2D eigenvalue weighted by Crippen LogP contribution is -2.22. The molecule has 1 aromatic heterocycles. The molecule has 0 aliphatic carbocycles. The van der Waals surface area contributed by atoms with Crippen molar-refractivity contribution in [2.24, 2.45) is 0 Å². The van der Waals surface area contributed by atoms with Crippen molar-refractivity contribution < 1.29 is 9.59 Å². The van der Waals surface area contributed by atoms with Crippen LogP contribution >= 0.6 is 27.5 Å². The van der Waals surface area contributed by atoms with Crippen LogP contribution in [0.4, 0.5) is 5.69 Å². The number of rotatable bonds is 5. The molecular weight excluding hydrogens is 466 g/mol. The quantitative estimate of drug-likeness (QED) is 0.375. The average Bonchev–Trinajstić information content (AvgIpc) is 3.08. The van der Waals surface area contributed by atoms with E-state index in [1.807, 2.05) is 37.3 Å². The third-order valence-corrected chi connectivity index (χ3v) is 5.51. The molecule has 0 radical (unpaired) electrons. The van der Waals surface area contributed by atoms with Crippen LogP contribution in [0.15, 0.2) is 71.2 Å². The van der Waals surface area contributed by atoms with Crippen LogP contribution in [0.5, 0.6) is 0 Å². The molecule has 5 nitrogen and oxygen atoms in total. The van der Waals surface area contributed by atoms with Crippen LogP contribution in [0.2, 0.25) is 5.02 Å². The summed E-state index contributed by atoms with van der Waals surface area (Å²) in [6.45, 7) is 1.86. The Morgan fingerprint density at radius 3 is 2.53 bits per heavy atom. The second-order valence-electron chi connectivity index (χ2n) is 6.88. The summed E-state index contributed by atoms with van der Waals surface area (Å²) >= 11 is 9.61. The predicted molar refractivity (Wildman–Crippen MR) is 122 cm³/mol. The number of imidazole rings is 1. The summed E-state index contributed by atoms with van der Waals surface area (Å²) in [5.74, 6) is -0.336. The lowest BCUT2D eigenvalue weighted by atomic mass is 10.1. The first-order chi connectivity index (χ1) is 14.4. The summed E-state index contributed by atoms with van der Waals surface area (Å²) in [7, 11) is 0. The summed E-state index contributed by atoms with van der Waals surface area (Å²) in [5, 5.41) is 3.28. The van der Waals surface area contributed by atoms with Gasteiger partial charge in [-0.2, -0.15) is 0 Å². The Hall–Kier alpha value is -2.96. The molecule has 7 heteroatoms. The van der Waals surface area contributed by atoms with Gasteiger partial charge >= 0.3 is 0 Å². The molecule has 1 amide bonds. The maximum absolute atomic E-state index is 13.1. The van der Waals surface area contributed by atoms with E-state index >= 15 is 0 Å². The van der Waals surface area contributed by atoms with Crippen molar-refractivity contribution in [1.29, 1.82) is 0 Å². The predicted octanol–water partition coefficient (Wildman–Crippen LogP) is 5.63. The Balaban J connectivity index is 1.68. The Bertz CT molecular complexity index is 1270. The molecule has 0 saturated heterocycles. The van der Waals surface area contributed by atoms with Gasteiger partial charge in [0.2, 0.25) is 11.7 Å². The molecule has 3 aromatic carbocycles. The van der Waals surface area contributed by atoms with Gasteiger partial charge in [-0.25, -0.2) is 4.98 Å². The molecule has 1 heterocycles. The summed E-state index contributed by atoms with van der Waals surface area (Å²) in [5.41, 5.74) is 3.39. The number of hydrogen-bond acceptors (Lipinski definition) is 3. The molecular formula is C23H17BrClN3O2. The number of fused-ring (bicyclic) bond motifs is 1. The minimum Gasteiger partial charge on any atom is -0.323 e. The van der Waals surface area contributed by atoms with Gasteiger partial charge in [0.15, 0.2) is 5.82 Å². The van der Waals surface area contributed by atoms with E-state index in [-0.39, 0.29) is 24.1 Å². The van der Waals surface area contributed by atoms with Crippen LogP contribution in [-0.4, -0.2) is 21.2 Å². The number of aromatic nitrogens is 2. The smallest absolute Gasteiger partial charge is 0.244 e. The van der Waals surface area contributed by atoms with Gasteiger partial charge in [0.1, 0.15) is 6.54 Å². The number of halogens is 2. The van der Waals surface area contributed by atoms with Crippen LogP contribution in [-0.2, 0) is 11.3 Å². The van der Waals surface area contributed by atoms with Crippen LogP contribution in [0.1, 0.15) is 21.7 Å². The van der Waals surface area contributed by atoms with Crippen molar-refractivity contribution in [2.45, 2.75) is 13.5 Å². The molecule has 150 valence electrons. The highest BCUT2D eigenvalue weighted by atomic mass is 79.9. The highest BCUT2D eigenvalue weighted by Gasteiger charge is 2.21. The van der Waals surface area contributed by atoms with E-state index in [0.29, 0.717) is 27.3 Å². The zero-order chi connectivity index (χ0) is 21.3. The Labute approximate surface area is 186 Å². The van der Waals surface area contributed by atoms with Crippen molar-refractivity contribution in [2.75, 3.05) is 5.32 Å². The van der Waals surface area contributed by atoms with E-state index in [1.165, 1.54) is 0 Å². The normalized spacial score (nSPS) is 10.9. The number of anilines is 1. The van der Waals surface area contributed by atoms with Gasteiger partial charge < -0.3 is 9.88 Å². The number of ketones is 1. The van der Waals surface area contributed by atoms with Crippen molar-refractivity contribution in [3.8, 4) is 0 Å². The van der Waals surface area contributed by atoms with E-state index in [4.69, 9.17) is 11.6 Å². The number of benzene rings is 3. The number of aryl methyl sites for hydroxylation is 1. The molecule has 30 heavy (non-hydrogen) atoms. The summed E-state index contributed by atoms with van der Waals surface area (Å²) in [4.78, 5) is 30.4. The van der Waals surface area contributed by atoms with Gasteiger partial charge in [-0.1, -0.05) is 45.7 Å². The van der Waals surface area contributed by atoms with Gasteiger partial charge in [-0.3, -0.25) is 9.59 Å². The number of nitrogens with zero attached hydrogens (tertiary/aromatic N) is 2. The van der Waals surface area contributed by atoms with Crippen LogP contribution in [0.25, 0.3) is 11.0 Å². The minimum atomic E-state index is -0.297. The molecule has 1 N–H and O–H groups in total. The maximum Gasteiger partial charge on any atom is 0.244 e. The summed E-state index contributed by atoms with van der Waals surface area (Å²) in [6.07, 6.45) is 0. The Morgan fingerprint density at radius 2 is 1.80 bits per heavy atom. The van der Waals surface area contributed by atoms with Gasteiger partial charge in [-0.05, 0) is 61.0 Å². The fourth-order valence-corrected chi connectivity index (χ4v) is 3.74. The van der Waals surface area contributed by atoms with Crippen molar-refractivity contribution >= 4 is 55.9 Å². The first-order valence-corrected chi connectivity index (χ1v) is 10.4. The van der Waals surface area contributed by atoms with Gasteiger partial charge in [0.25, 0.3) is 0 Å². The number of hydrogen-bond donors (Lipinski definition) is 1. The molecule has 0 saturated carbocycles. The van der Waals surface area contributed by atoms with E-state index < -0.39 is 0 Å². The first kappa shape index (κ1) is 20.3. The zero-order valence-electron chi connectivity index (χ0n) is 16.0. The van der Waals surface area contributed by atoms with Gasteiger partial charge in [0, 0.05) is 10.0 Å². The van der Waals surface area contributed by atoms with Gasteiger partial charge in [-0.15, -0.1) is 0 Å². The molecule has 0 fully saturated rings. The fraction of sp³-hybridized carbons (Fsp3) is 0.0870. The molecule has 0 unspecified atom stereocenters. The average molecular weight is 483 g/mol. The van der Waals surface area contributed by atoms with Crippen LogP contribution in [0, 0.1) is 6.92 Å². The van der Waals surface area contributed by atoms with Crippen LogP contribution in [0.3, 0.4) is 0 Å². The monoisotopic (exact) mass is 481 g/mol. The zero-order valence-corrected chi connectivity index (χ0v) is 18.4. The topological polar surface area (TPSA) is 64.0 Å². The second-order valence-corrected chi connectivity index (χ2v) is 8.20. The summed E-state index contributed by atoms with van der Waals surface area (Å²) < 4.78 is 2.51. The summed E-state index contributed by atoms with van der Waals surface area (Å²) in [6, 6.07) is 19.8. The largest absolute Gasteiger partial charge is 0.323 e. The third kappa shape index (κ3) is 4.15. The standard InChI is InChI=1S/C23H17BrClN3O2/c1-14-6-11-18(17(25)12-14)26-21(29)13-28-20-5-3-2-4-19(20)27-23(28)22(30)15-7-9-16(24)10-8-15/h2-12H,13H2,1H3,(H,26,29). The van der Waals surface area contributed by atoms with Crippen LogP contribution < -0.4 is 5.32 Å². The lowest BCUT2D eigenvalue weighted by Gasteiger charge is -2.11. The molecule has 0 spiro atoms. The number of amides is 1. The Morgan fingerprint density at radius 1 is 1.07 bits per heavy atom. The Kier molecular flexibility index (Phi) is 5.70.